The predicted octanol–water partition coefficient (Wildman–Crippen LogP) is 3.93. The van der Waals surface area contributed by atoms with Crippen LogP contribution >= 0.6 is 0 Å². The van der Waals surface area contributed by atoms with Crippen molar-refractivity contribution in [2.45, 2.75) is 40.7 Å². The Morgan fingerprint density at radius 1 is 1.12 bits per heavy atom. The summed E-state index contributed by atoms with van der Waals surface area (Å²) in [6.07, 6.45) is 0.230. The van der Waals surface area contributed by atoms with Gasteiger partial charge in [0.05, 0.1) is 6.10 Å². The molecule has 0 aliphatic rings. The Balaban J connectivity index is 2.51. The lowest BCUT2D eigenvalue weighted by Crippen LogP contribution is -2.18. The molecule has 0 saturated carbocycles. The fraction of sp³-hybridized carbons (Fsp3) is 0.571. The molecule has 0 amide bonds. The molecule has 0 heterocycles. The standard InChI is InChI=1S/C14H23NO/c1-11(2)16-13-8-6-12(7-9-13)15-10-14(3,4)5/h6-9,11,15H,10H2,1-5H3. The lowest BCUT2D eigenvalue weighted by molar-refractivity contribution is 0.242. The largest absolute Gasteiger partial charge is 0.491 e. The summed E-state index contributed by atoms with van der Waals surface area (Å²) in [6.45, 7) is 11.7. The Kier molecular flexibility index (Phi) is 4.22. The van der Waals surface area contributed by atoms with E-state index < -0.39 is 0 Å². The van der Waals surface area contributed by atoms with Gasteiger partial charge in [0.15, 0.2) is 0 Å². The molecule has 0 atom stereocenters. The first-order valence-corrected chi connectivity index (χ1v) is 5.87. The Hall–Kier alpha value is -1.18. The molecule has 1 rings (SSSR count). The van der Waals surface area contributed by atoms with Gasteiger partial charge in [-0.15, -0.1) is 0 Å². The van der Waals surface area contributed by atoms with Gasteiger partial charge >= 0.3 is 0 Å². The molecule has 0 unspecified atom stereocenters. The van der Waals surface area contributed by atoms with E-state index in [1.165, 1.54) is 0 Å². The minimum Gasteiger partial charge on any atom is -0.491 e. The fourth-order valence-corrected chi connectivity index (χ4v) is 1.29. The second-order valence-electron chi connectivity index (χ2n) is 5.61. The van der Waals surface area contributed by atoms with Crippen molar-refractivity contribution in [2.75, 3.05) is 11.9 Å². The summed E-state index contributed by atoms with van der Waals surface area (Å²) < 4.78 is 5.59. The van der Waals surface area contributed by atoms with E-state index in [-0.39, 0.29) is 6.10 Å². The van der Waals surface area contributed by atoms with Crippen LogP contribution in [-0.2, 0) is 0 Å². The highest BCUT2D eigenvalue weighted by molar-refractivity contribution is 5.46. The molecule has 0 aliphatic heterocycles. The molecule has 0 spiro atoms. The molecule has 0 fully saturated rings. The molecule has 1 N–H and O–H groups in total. The minimum atomic E-state index is 0.230. The van der Waals surface area contributed by atoms with Gasteiger partial charge in [0.25, 0.3) is 0 Å². The van der Waals surface area contributed by atoms with Crippen molar-refractivity contribution < 1.29 is 4.74 Å². The van der Waals surface area contributed by atoms with E-state index in [0.29, 0.717) is 5.41 Å². The highest BCUT2D eigenvalue weighted by Crippen LogP contribution is 2.19. The maximum atomic E-state index is 5.59. The second kappa shape index (κ2) is 5.24. The lowest BCUT2D eigenvalue weighted by Gasteiger charge is -2.19. The van der Waals surface area contributed by atoms with Crippen molar-refractivity contribution in [1.82, 2.24) is 0 Å². The van der Waals surface area contributed by atoms with E-state index in [1.54, 1.807) is 0 Å². The second-order valence-corrected chi connectivity index (χ2v) is 5.61. The average Bonchev–Trinajstić information content (AvgIpc) is 2.14. The van der Waals surface area contributed by atoms with E-state index >= 15 is 0 Å². The summed E-state index contributed by atoms with van der Waals surface area (Å²) in [5.74, 6) is 0.927. The normalized spacial score (nSPS) is 11.6. The van der Waals surface area contributed by atoms with Gasteiger partial charge < -0.3 is 10.1 Å². The number of nitrogens with one attached hydrogen (secondary N) is 1. The van der Waals surface area contributed by atoms with Crippen molar-refractivity contribution in [3.05, 3.63) is 24.3 Å². The molecule has 2 nitrogen and oxygen atoms in total. The number of rotatable bonds is 4. The maximum absolute atomic E-state index is 5.59. The molecule has 16 heavy (non-hydrogen) atoms. The fourth-order valence-electron chi connectivity index (χ4n) is 1.29. The molecular weight excluding hydrogens is 198 g/mol. The summed E-state index contributed by atoms with van der Waals surface area (Å²) in [5, 5.41) is 3.41. The number of hydrogen-bond donors (Lipinski definition) is 1. The molecule has 0 radical (unpaired) electrons. The maximum Gasteiger partial charge on any atom is 0.119 e. The van der Waals surface area contributed by atoms with Gasteiger partial charge in [-0.2, -0.15) is 0 Å². The average molecular weight is 221 g/mol. The van der Waals surface area contributed by atoms with Crippen LogP contribution in [0.25, 0.3) is 0 Å². The van der Waals surface area contributed by atoms with Crippen LogP contribution in [0.1, 0.15) is 34.6 Å². The quantitative estimate of drug-likeness (QED) is 0.831. The monoisotopic (exact) mass is 221 g/mol. The van der Waals surface area contributed by atoms with Crippen LogP contribution in [0.2, 0.25) is 0 Å². The van der Waals surface area contributed by atoms with Crippen molar-refractivity contribution in [3.63, 3.8) is 0 Å². The highest BCUT2D eigenvalue weighted by atomic mass is 16.5. The molecule has 2 heteroatoms. The van der Waals surface area contributed by atoms with Gasteiger partial charge in [0.2, 0.25) is 0 Å². The number of benzene rings is 1. The molecule has 1 aromatic rings. The van der Waals surface area contributed by atoms with Gasteiger partial charge in [-0.3, -0.25) is 0 Å². The van der Waals surface area contributed by atoms with E-state index in [1.807, 2.05) is 26.0 Å². The smallest absolute Gasteiger partial charge is 0.119 e. The van der Waals surface area contributed by atoms with Crippen molar-refractivity contribution >= 4 is 5.69 Å². The predicted molar refractivity (Wildman–Crippen MR) is 70.2 cm³/mol. The zero-order valence-corrected chi connectivity index (χ0v) is 11.0. The van der Waals surface area contributed by atoms with Gasteiger partial charge in [-0.25, -0.2) is 0 Å². The number of anilines is 1. The Morgan fingerprint density at radius 2 is 1.69 bits per heavy atom. The topological polar surface area (TPSA) is 21.3 Å². The first kappa shape index (κ1) is 12.9. The van der Waals surface area contributed by atoms with Crippen LogP contribution in [0.5, 0.6) is 5.75 Å². The zero-order chi connectivity index (χ0) is 12.2. The van der Waals surface area contributed by atoms with Gasteiger partial charge in [0.1, 0.15) is 5.75 Å². The van der Waals surface area contributed by atoms with Crippen LogP contribution in [0.4, 0.5) is 5.69 Å². The van der Waals surface area contributed by atoms with Crippen LogP contribution in [0, 0.1) is 5.41 Å². The number of ether oxygens (including phenoxy) is 1. The first-order chi connectivity index (χ1) is 7.37. The summed E-state index contributed by atoms with van der Waals surface area (Å²) in [5.41, 5.74) is 1.44. The zero-order valence-electron chi connectivity index (χ0n) is 11.0. The summed E-state index contributed by atoms with van der Waals surface area (Å²) in [7, 11) is 0. The van der Waals surface area contributed by atoms with Crippen LogP contribution in [0.3, 0.4) is 0 Å². The van der Waals surface area contributed by atoms with Gasteiger partial charge in [0, 0.05) is 12.2 Å². The summed E-state index contributed by atoms with van der Waals surface area (Å²) in [6, 6.07) is 8.13. The van der Waals surface area contributed by atoms with E-state index in [0.717, 1.165) is 18.0 Å². The van der Waals surface area contributed by atoms with Crippen LogP contribution in [-0.4, -0.2) is 12.6 Å². The molecule has 0 aromatic heterocycles. The van der Waals surface area contributed by atoms with Crippen molar-refractivity contribution in [2.24, 2.45) is 5.41 Å². The van der Waals surface area contributed by atoms with E-state index in [4.69, 9.17) is 4.74 Å². The summed E-state index contributed by atoms with van der Waals surface area (Å²) in [4.78, 5) is 0. The Morgan fingerprint density at radius 3 is 2.12 bits per heavy atom. The van der Waals surface area contributed by atoms with Gasteiger partial charge in [-0.1, -0.05) is 20.8 Å². The van der Waals surface area contributed by atoms with Crippen molar-refractivity contribution in [1.29, 1.82) is 0 Å². The third-order valence-corrected chi connectivity index (χ3v) is 2.05. The third kappa shape index (κ3) is 5.06. The summed E-state index contributed by atoms with van der Waals surface area (Å²) >= 11 is 0. The lowest BCUT2D eigenvalue weighted by atomic mass is 9.97. The molecular formula is C14H23NO. The van der Waals surface area contributed by atoms with Crippen LogP contribution in [0.15, 0.2) is 24.3 Å². The SMILES string of the molecule is CC(C)Oc1ccc(NCC(C)(C)C)cc1. The first-order valence-electron chi connectivity index (χ1n) is 5.87. The van der Waals surface area contributed by atoms with E-state index in [2.05, 4.69) is 38.2 Å². The Labute approximate surface area is 99.0 Å². The molecule has 0 saturated heterocycles. The molecule has 0 bridgehead atoms. The molecule has 90 valence electrons. The third-order valence-electron chi connectivity index (χ3n) is 2.05. The minimum absolute atomic E-state index is 0.230. The Bertz CT molecular complexity index is 309. The highest BCUT2D eigenvalue weighted by Gasteiger charge is 2.09. The van der Waals surface area contributed by atoms with Crippen molar-refractivity contribution in [3.8, 4) is 5.75 Å². The van der Waals surface area contributed by atoms with Gasteiger partial charge in [-0.05, 0) is 43.5 Å². The van der Waals surface area contributed by atoms with Crippen LogP contribution < -0.4 is 10.1 Å². The molecule has 1 aromatic carbocycles. The van der Waals surface area contributed by atoms with E-state index in [9.17, 15) is 0 Å². The number of hydrogen-bond acceptors (Lipinski definition) is 2. The molecule has 0 aliphatic carbocycles.